The zero-order chi connectivity index (χ0) is 18.5. The molecule has 0 atom stereocenters. The van der Waals surface area contributed by atoms with Gasteiger partial charge in [0.1, 0.15) is 0 Å². The number of aryl methyl sites for hydroxylation is 2. The van der Waals surface area contributed by atoms with Gasteiger partial charge in [-0.2, -0.15) is 5.10 Å². The number of amides is 1. The number of nitrogens with one attached hydrogen (secondary N) is 1. The Morgan fingerprint density at radius 2 is 1.92 bits per heavy atom. The van der Waals surface area contributed by atoms with Gasteiger partial charge in [0.05, 0.1) is 30.5 Å². The number of esters is 1. The summed E-state index contributed by atoms with van der Waals surface area (Å²) in [4.78, 5) is 36.3. The van der Waals surface area contributed by atoms with Crippen molar-refractivity contribution in [2.24, 2.45) is 0 Å². The van der Waals surface area contributed by atoms with Gasteiger partial charge in [-0.3, -0.25) is 9.59 Å². The molecule has 2 aromatic rings. The van der Waals surface area contributed by atoms with E-state index in [1.807, 2.05) is 0 Å². The van der Waals surface area contributed by atoms with Crippen molar-refractivity contribution in [1.82, 2.24) is 15.1 Å². The molecule has 1 N–H and O–H groups in total. The normalized spacial score (nSPS) is 13.0. The first-order valence-corrected chi connectivity index (χ1v) is 8.65. The number of methoxy groups -OCH3 is 1. The largest absolute Gasteiger partial charge is 0.465 e. The monoisotopic (exact) mass is 355 g/mol. The lowest BCUT2D eigenvalue weighted by molar-refractivity contribution is 0.0596. The van der Waals surface area contributed by atoms with Crippen molar-refractivity contribution >= 4 is 11.9 Å². The van der Waals surface area contributed by atoms with Gasteiger partial charge in [-0.1, -0.05) is 12.1 Å². The Balaban J connectivity index is 1.66. The first kappa shape index (κ1) is 17.8. The number of rotatable bonds is 5. The average molecular weight is 355 g/mol. The highest BCUT2D eigenvalue weighted by Crippen LogP contribution is 2.16. The van der Waals surface area contributed by atoms with E-state index in [2.05, 4.69) is 10.4 Å². The fourth-order valence-electron chi connectivity index (χ4n) is 3.10. The minimum Gasteiger partial charge on any atom is -0.465 e. The van der Waals surface area contributed by atoms with Gasteiger partial charge in [-0.05, 0) is 43.4 Å². The number of carbonyl (C=O) groups excluding carboxylic acids is 2. The Bertz CT molecular complexity index is 889. The Labute approximate surface area is 151 Å². The molecule has 0 fully saturated rings. The predicted octanol–water partition coefficient (Wildman–Crippen LogP) is 1.34. The van der Waals surface area contributed by atoms with Crippen LogP contribution in [-0.4, -0.2) is 35.3 Å². The molecule has 7 nitrogen and oxygen atoms in total. The smallest absolute Gasteiger partial charge is 0.338 e. The van der Waals surface area contributed by atoms with E-state index in [0.717, 1.165) is 36.9 Å². The molecule has 1 aliphatic rings. The van der Waals surface area contributed by atoms with Crippen LogP contribution in [0.2, 0.25) is 0 Å². The van der Waals surface area contributed by atoms with Crippen molar-refractivity contribution < 1.29 is 14.3 Å². The molecule has 0 aliphatic heterocycles. The van der Waals surface area contributed by atoms with Crippen LogP contribution < -0.4 is 10.9 Å². The first-order valence-electron chi connectivity index (χ1n) is 8.65. The van der Waals surface area contributed by atoms with E-state index in [1.54, 1.807) is 24.3 Å². The molecule has 136 valence electrons. The molecular formula is C19H21N3O4. The molecule has 1 aliphatic carbocycles. The second kappa shape index (κ2) is 7.95. The third-order valence-electron chi connectivity index (χ3n) is 4.46. The maximum atomic E-state index is 12.4. The van der Waals surface area contributed by atoms with Crippen molar-refractivity contribution in [2.75, 3.05) is 13.7 Å². The fourth-order valence-corrected chi connectivity index (χ4v) is 3.10. The number of benzene rings is 1. The third kappa shape index (κ3) is 3.82. The van der Waals surface area contributed by atoms with E-state index < -0.39 is 11.9 Å². The summed E-state index contributed by atoms with van der Waals surface area (Å²) in [6.07, 6.45) is 3.96. The van der Waals surface area contributed by atoms with Crippen LogP contribution in [0.25, 0.3) is 0 Å². The van der Waals surface area contributed by atoms with Gasteiger partial charge < -0.3 is 10.1 Å². The summed E-state index contributed by atoms with van der Waals surface area (Å²) in [6, 6.07) is 8.09. The second-order valence-corrected chi connectivity index (χ2v) is 6.18. The molecule has 0 bridgehead atoms. The molecule has 7 heteroatoms. The van der Waals surface area contributed by atoms with Crippen molar-refractivity contribution in [3.05, 3.63) is 63.1 Å². The highest BCUT2D eigenvalue weighted by atomic mass is 16.5. The van der Waals surface area contributed by atoms with Crippen LogP contribution in [-0.2, 0) is 24.1 Å². The highest BCUT2D eigenvalue weighted by molar-refractivity contribution is 6.05. The van der Waals surface area contributed by atoms with Gasteiger partial charge in [-0.25, -0.2) is 9.48 Å². The summed E-state index contributed by atoms with van der Waals surface area (Å²) in [7, 11) is 1.27. The van der Waals surface area contributed by atoms with Crippen LogP contribution >= 0.6 is 0 Å². The number of aromatic nitrogens is 2. The molecule has 0 saturated heterocycles. The van der Waals surface area contributed by atoms with E-state index in [-0.39, 0.29) is 29.8 Å². The van der Waals surface area contributed by atoms with Crippen LogP contribution in [0.4, 0.5) is 0 Å². The molecule has 0 radical (unpaired) electrons. The lowest BCUT2D eigenvalue weighted by atomic mass is 9.97. The molecule has 0 unspecified atom stereocenters. The molecule has 1 heterocycles. The number of carbonyl (C=O) groups is 2. The minimum absolute atomic E-state index is 0.158. The average Bonchev–Trinajstić information content (AvgIpc) is 2.67. The summed E-state index contributed by atoms with van der Waals surface area (Å²) >= 11 is 0. The lowest BCUT2D eigenvalue weighted by Crippen LogP contribution is -2.33. The number of hydrogen-bond acceptors (Lipinski definition) is 5. The van der Waals surface area contributed by atoms with E-state index in [1.165, 1.54) is 17.9 Å². The molecule has 1 amide bonds. The minimum atomic E-state index is -0.566. The Kier molecular flexibility index (Phi) is 5.46. The molecule has 0 spiro atoms. The first-order chi connectivity index (χ1) is 12.6. The van der Waals surface area contributed by atoms with Crippen LogP contribution in [0.15, 0.2) is 35.1 Å². The summed E-state index contributed by atoms with van der Waals surface area (Å²) < 4.78 is 6.08. The van der Waals surface area contributed by atoms with Gasteiger partial charge >= 0.3 is 5.97 Å². The van der Waals surface area contributed by atoms with E-state index in [0.29, 0.717) is 0 Å². The molecule has 3 rings (SSSR count). The number of nitrogens with zero attached hydrogens (tertiary/aromatic N) is 2. The molecular weight excluding hydrogens is 334 g/mol. The van der Waals surface area contributed by atoms with Crippen molar-refractivity contribution in [2.45, 2.75) is 32.2 Å². The zero-order valence-corrected chi connectivity index (χ0v) is 14.7. The quantitative estimate of drug-likeness (QED) is 0.818. The topological polar surface area (TPSA) is 90.3 Å². The standard InChI is InChI=1S/C19H21N3O4/c1-26-19(25)15-8-4-3-7-14(15)18(24)20-10-11-22-17(23)12-13-6-2-5-9-16(13)21-22/h3-4,7-8,12H,2,5-6,9-11H2,1H3,(H,20,24). The number of hydrogen-bond donors (Lipinski definition) is 1. The van der Waals surface area contributed by atoms with Gasteiger partial charge in [0.2, 0.25) is 0 Å². The Morgan fingerprint density at radius 3 is 2.69 bits per heavy atom. The highest BCUT2D eigenvalue weighted by Gasteiger charge is 2.17. The maximum absolute atomic E-state index is 12.4. The zero-order valence-electron chi connectivity index (χ0n) is 14.7. The van der Waals surface area contributed by atoms with E-state index in [9.17, 15) is 14.4 Å². The molecule has 0 saturated carbocycles. The maximum Gasteiger partial charge on any atom is 0.338 e. The molecule has 1 aromatic heterocycles. The van der Waals surface area contributed by atoms with Crippen molar-refractivity contribution in [3.8, 4) is 0 Å². The van der Waals surface area contributed by atoms with Gasteiger partial charge in [0.15, 0.2) is 0 Å². The Morgan fingerprint density at radius 1 is 1.19 bits per heavy atom. The molecule has 26 heavy (non-hydrogen) atoms. The third-order valence-corrected chi connectivity index (χ3v) is 4.46. The molecule has 1 aromatic carbocycles. The summed E-state index contributed by atoms with van der Waals surface area (Å²) in [5.74, 6) is -0.958. The van der Waals surface area contributed by atoms with Crippen LogP contribution in [0.1, 0.15) is 44.8 Å². The van der Waals surface area contributed by atoms with Gasteiger partial charge in [-0.15, -0.1) is 0 Å². The van der Waals surface area contributed by atoms with Crippen LogP contribution in [0.3, 0.4) is 0 Å². The fraction of sp³-hybridized carbons (Fsp3) is 0.368. The SMILES string of the molecule is COC(=O)c1ccccc1C(=O)NCCn1nc2c(cc1=O)CCCC2. The Hall–Kier alpha value is -2.96. The van der Waals surface area contributed by atoms with Gasteiger partial charge in [0, 0.05) is 12.6 Å². The number of fused-ring (bicyclic) bond motifs is 1. The summed E-state index contributed by atoms with van der Waals surface area (Å²) in [5.41, 5.74) is 2.29. The van der Waals surface area contributed by atoms with Crippen molar-refractivity contribution in [1.29, 1.82) is 0 Å². The van der Waals surface area contributed by atoms with Gasteiger partial charge in [0.25, 0.3) is 11.5 Å². The van der Waals surface area contributed by atoms with Crippen LogP contribution in [0.5, 0.6) is 0 Å². The summed E-state index contributed by atoms with van der Waals surface area (Å²) in [6.45, 7) is 0.512. The second-order valence-electron chi connectivity index (χ2n) is 6.18. The predicted molar refractivity (Wildman–Crippen MR) is 95.3 cm³/mol. The van der Waals surface area contributed by atoms with Crippen molar-refractivity contribution in [3.63, 3.8) is 0 Å². The lowest BCUT2D eigenvalue weighted by Gasteiger charge is -2.16. The van der Waals surface area contributed by atoms with Crippen LogP contribution in [0, 0.1) is 0 Å². The number of ether oxygens (including phenoxy) is 1. The van der Waals surface area contributed by atoms with E-state index >= 15 is 0 Å². The summed E-state index contributed by atoms with van der Waals surface area (Å²) in [5, 5.41) is 7.15. The van der Waals surface area contributed by atoms with E-state index in [4.69, 9.17) is 4.74 Å².